The van der Waals surface area contributed by atoms with Crippen LogP contribution in [0.3, 0.4) is 0 Å². The van der Waals surface area contributed by atoms with Crippen LogP contribution in [-0.2, 0) is 4.74 Å². The maximum absolute atomic E-state index is 11.3. The Morgan fingerprint density at radius 2 is 1.95 bits per heavy atom. The zero-order chi connectivity index (χ0) is 25.8. The normalized spacial score (nSPS) is 44.0. The summed E-state index contributed by atoms with van der Waals surface area (Å²) in [7, 11) is 3.89. The first kappa shape index (κ1) is 23.5. The van der Waals surface area contributed by atoms with E-state index in [4.69, 9.17) is 4.74 Å². The van der Waals surface area contributed by atoms with Crippen LogP contribution >= 0.6 is 0 Å². The first-order chi connectivity index (χ1) is 17.7. The van der Waals surface area contributed by atoms with E-state index in [0.29, 0.717) is 12.8 Å². The van der Waals surface area contributed by atoms with E-state index in [1.54, 1.807) is 0 Å². The molecule has 2 spiro atoms. The predicted octanol–water partition coefficient (Wildman–Crippen LogP) is 4.23. The van der Waals surface area contributed by atoms with Crippen LogP contribution in [0.4, 0.5) is 0 Å². The summed E-state index contributed by atoms with van der Waals surface area (Å²) in [6, 6.07) is 13.0. The molecule has 2 bridgehead atoms. The highest BCUT2D eigenvalue weighted by Gasteiger charge is 2.74. The number of aliphatic hydroxyl groups is 2. The lowest BCUT2D eigenvalue weighted by Gasteiger charge is -2.61. The molecule has 3 heterocycles. The molecular formula is C31H35N3O3. The van der Waals surface area contributed by atoms with Crippen molar-refractivity contribution in [1.82, 2.24) is 9.88 Å². The average molecular weight is 498 g/mol. The molecule has 37 heavy (non-hydrogen) atoms. The molecular weight excluding hydrogens is 462 g/mol. The Morgan fingerprint density at radius 1 is 1.11 bits per heavy atom. The van der Waals surface area contributed by atoms with E-state index in [1.807, 2.05) is 31.3 Å². The summed E-state index contributed by atoms with van der Waals surface area (Å²) >= 11 is 0. The van der Waals surface area contributed by atoms with Crippen LogP contribution in [-0.4, -0.2) is 63.6 Å². The van der Waals surface area contributed by atoms with Crippen LogP contribution in [0, 0.1) is 28.1 Å². The molecule has 2 aromatic rings. The van der Waals surface area contributed by atoms with Crippen LogP contribution in [0.15, 0.2) is 54.3 Å². The minimum Gasteiger partial charge on any atom is -0.388 e. The van der Waals surface area contributed by atoms with Crippen molar-refractivity contribution in [2.45, 2.75) is 74.9 Å². The van der Waals surface area contributed by atoms with Gasteiger partial charge in [0.1, 0.15) is 11.5 Å². The van der Waals surface area contributed by atoms with Gasteiger partial charge in [-0.1, -0.05) is 37.3 Å². The predicted molar refractivity (Wildman–Crippen MR) is 141 cm³/mol. The Balaban J connectivity index is 1.35. The summed E-state index contributed by atoms with van der Waals surface area (Å²) in [6.07, 6.45) is 8.99. The van der Waals surface area contributed by atoms with Gasteiger partial charge in [0.15, 0.2) is 0 Å². The molecule has 6 heteroatoms. The van der Waals surface area contributed by atoms with E-state index >= 15 is 0 Å². The van der Waals surface area contributed by atoms with Gasteiger partial charge in [-0.15, -0.1) is 0 Å². The first-order valence-corrected chi connectivity index (χ1v) is 13.6. The number of ether oxygens (including phenoxy) is 1. The second-order valence-electron chi connectivity index (χ2n) is 12.5. The van der Waals surface area contributed by atoms with E-state index in [2.05, 4.69) is 54.4 Å². The number of nitrogens with zero attached hydrogens (tertiary/aromatic N) is 3. The Hall–Kier alpha value is -2.56. The highest BCUT2D eigenvalue weighted by Crippen LogP contribution is 2.73. The van der Waals surface area contributed by atoms with Crippen molar-refractivity contribution >= 4 is 16.5 Å². The average Bonchev–Trinajstić information content (AvgIpc) is 3.42. The number of allylic oxidation sites excluding steroid dienone is 2. The number of aliphatic hydroxyl groups excluding tert-OH is 2. The summed E-state index contributed by atoms with van der Waals surface area (Å²) in [5.41, 5.74) is 2.15. The molecule has 1 aromatic carbocycles. The zero-order valence-electron chi connectivity index (χ0n) is 21.8. The summed E-state index contributed by atoms with van der Waals surface area (Å²) in [4.78, 5) is 6.59. The summed E-state index contributed by atoms with van der Waals surface area (Å²) < 4.78 is 7.29. The van der Waals surface area contributed by atoms with Gasteiger partial charge in [0.05, 0.1) is 28.9 Å². The van der Waals surface area contributed by atoms with Crippen LogP contribution in [0.2, 0.25) is 0 Å². The third kappa shape index (κ3) is 2.76. The van der Waals surface area contributed by atoms with Gasteiger partial charge in [-0.05, 0) is 86.9 Å². The fraction of sp³-hybridized carbons (Fsp3) is 0.548. The molecule has 2 N–H and O–H groups in total. The summed E-state index contributed by atoms with van der Waals surface area (Å²) in [5.74, 6) is 0.161. The Kier molecular flexibility index (Phi) is 4.78. The largest absolute Gasteiger partial charge is 0.388 e. The maximum atomic E-state index is 11.3. The molecule has 192 valence electrons. The third-order valence-electron chi connectivity index (χ3n) is 10.9. The topological polar surface area (TPSA) is 89.6 Å². The molecule has 3 fully saturated rings. The lowest BCUT2D eigenvalue weighted by molar-refractivity contribution is -0.223. The SMILES string of the molecule is CN(C)C1CC23CCC4(O2)C2CC=C(c5cccc6ncccc56)C2(C)CCC4(C#N)C=C3C(O)C1O. The van der Waals surface area contributed by atoms with Crippen LogP contribution in [0.5, 0.6) is 0 Å². The fourth-order valence-corrected chi connectivity index (χ4v) is 9.00. The molecule has 7 rings (SSSR count). The number of benzene rings is 1. The van der Waals surface area contributed by atoms with Gasteiger partial charge in [-0.2, -0.15) is 5.26 Å². The van der Waals surface area contributed by atoms with Crippen molar-refractivity contribution in [2.75, 3.05) is 14.1 Å². The number of hydrogen-bond donors (Lipinski definition) is 2. The fourth-order valence-electron chi connectivity index (χ4n) is 9.00. The van der Waals surface area contributed by atoms with E-state index in [0.717, 1.165) is 36.8 Å². The number of likely N-dealkylation sites (N-methyl/N-ethyl adjacent to an activating group) is 1. The lowest BCUT2D eigenvalue weighted by atomic mass is 9.49. The molecule has 0 amide bonds. The molecule has 8 atom stereocenters. The molecule has 1 saturated heterocycles. The highest BCUT2D eigenvalue weighted by molar-refractivity contribution is 5.93. The standard InChI is InChI=1S/C31H35N3O3/c1-28-11-12-29(18-32)16-22-26(35)27(36)24(34(2)3)17-30(22)13-14-31(29,37-30)25(28)10-9-21(28)19-6-4-8-23-20(19)7-5-15-33-23/h4-9,15-16,24-27,35-36H,10-14,17H2,1-3H3. The van der Waals surface area contributed by atoms with Gasteiger partial charge < -0.3 is 19.8 Å². The Labute approximate surface area is 218 Å². The Bertz CT molecular complexity index is 1400. The second kappa shape index (κ2) is 7.51. The number of nitriles is 1. The van der Waals surface area contributed by atoms with Crippen molar-refractivity contribution in [1.29, 1.82) is 5.26 Å². The quantitative estimate of drug-likeness (QED) is 0.604. The van der Waals surface area contributed by atoms with Crippen LogP contribution in [0.1, 0.15) is 51.0 Å². The second-order valence-corrected chi connectivity index (χ2v) is 12.5. The maximum Gasteiger partial charge on any atom is 0.105 e. The molecule has 6 nitrogen and oxygen atoms in total. The van der Waals surface area contributed by atoms with Gasteiger partial charge >= 0.3 is 0 Å². The minimum absolute atomic E-state index is 0.130. The third-order valence-corrected chi connectivity index (χ3v) is 10.9. The Morgan fingerprint density at radius 3 is 2.73 bits per heavy atom. The lowest BCUT2D eigenvalue weighted by Crippen LogP contribution is -2.66. The number of fused-ring (bicyclic) bond motifs is 2. The van der Waals surface area contributed by atoms with Crippen molar-refractivity contribution in [3.63, 3.8) is 0 Å². The van der Waals surface area contributed by atoms with Gasteiger partial charge in [-0.3, -0.25) is 4.98 Å². The van der Waals surface area contributed by atoms with Crippen LogP contribution < -0.4 is 0 Å². The number of aromatic nitrogens is 1. The van der Waals surface area contributed by atoms with Crippen molar-refractivity contribution in [3.05, 3.63) is 59.8 Å². The molecule has 2 aliphatic heterocycles. The number of pyridine rings is 1. The number of rotatable bonds is 2. The molecule has 0 radical (unpaired) electrons. The first-order valence-electron chi connectivity index (χ1n) is 13.6. The van der Waals surface area contributed by atoms with Gasteiger partial charge in [-0.25, -0.2) is 0 Å². The highest BCUT2D eigenvalue weighted by atomic mass is 16.5. The van der Waals surface area contributed by atoms with E-state index < -0.39 is 28.8 Å². The van der Waals surface area contributed by atoms with Crippen molar-refractivity contribution in [2.24, 2.45) is 16.7 Å². The molecule has 3 aliphatic carbocycles. The van der Waals surface area contributed by atoms with Gasteiger partial charge in [0.2, 0.25) is 0 Å². The van der Waals surface area contributed by atoms with Gasteiger partial charge in [0.25, 0.3) is 0 Å². The minimum atomic E-state index is -1.02. The summed E-state index contributed by atoms with van der Waals surface area (Å²) in [5, 5.41) is 34.2. The molecule has 5 aliphatic rings. The van der Waals surface area contributed by atoms with E-state index in [-0.39, 0.29) is 17.4 Å². The van der Waals surface area contributed by atoms with Crippen molar-refractivity contribution < 1.29 is 14.9 Å². The number of hydrogen-bond acceptors (Lipinski definition) is 6. The summed E-state index contributed by atoms with van der Waals surface area (Å²) in [6.45, 7) is 2.37. The van der Waals surface area contributed by atoms with Gasteiger partial charge in [0, 0.05) is 23.5 Å². The molecule has 8 unspecified atom stereocenters. The van der Waals surface area contributed by atoms with Crippen LogP contribution in [0.25, 0.3) is 16.5 Å². The van der Waals surface area contributed by atoms with E-state index in [1.165, 1.54) is 16.5 Å². The molecule has 1 aromatic heterocycles. The van der Waals surface area contributed by atoms with Crippen molar-refractivity contribution in [3.8, 4) is 6.07 Å². The monoisotopic (exact) mass is 497 g/mol. The molecule has 2 saturated carbocycles. The van der Waals surface area contributed by atoms with E-state index in [9.17, 15) is 15.5 Å². The smallest absolute Gasteiger partial charge is 0.105 e. The zero-order valence-corrected chi connectivity index (χ0v) is 21.8.